The van der Waals surface area contributed by atoms with Gasteiger partial charge in [0.05, 0.1) is 35.9 Å². The number of nitrogens with zero attached hydrogens (tertiary/aromatic N) is 3. The van der Waals surface area contributed by atoms with E-state index in [9.17, 15) is 0 Å². The molecule has 0 saturated carbocycles. The number of imidazole rings is 1. The van der Waals surface area contributed by atoms with Crippen LogP contribution in [0.2, 0.25) is 0 Å². The summed E-state index contributed by atoms with van der Waals surface area (Å²) < 4.78 is 12.7. The Balaban J connectivity index is 2.32. The van der Waals surface area contributed by atoms with Crippen molar-refractivity contribution in [1.29, 1.82) is 5.26 Å². The van der Waals surface area contributed by atoms with E-state index in [-0.39, 0.29) is 6.04 Å². The minimum Gasteiger partial charge on any atom is -0.382 e. The van der Waals surface area contributed by atoms with Crippen LogP contribution in [0.25, 0.3) is 11.0 Å². The zero-order valence-electron chi connectivity index (χ0n) is 12.1. The molecule has 0 aliphatic heterocycles. The molecule has 0 spiro atoms. The standard InChI is InChI=1S/C15H19N3O2/c1-11(2)18-14-5-4-12(9-16)8-13(14)17-15(18)10-20-7-6-19-3/h4-5,8,11H,6-7,10H2,1-3H3. The van der Waals surface area contributed by atoms with Crippen LogP contribution in [0.3, 0.4) is 0 Å². The Labute approximate surface area is 118 Å². The maximum Gasteiger partial charge on any atom is 0.136 e. The van der Waals surface area contributed by atoms with Gasteiger partial charge in [0.2, 0.25) is 0 Å². The van der Waals surface area contributed by atoms with Crippen molar-refractivity contribution in [3.8, 4) is 6.07 Å². The first-order valence-corrected chi connectivity index (χ1v) is 6.65. The van der Waals surface area contributed by atoms with Gasteiger partial charge in [-0.15, -0.1) is 0 Å². The van der Waals surface area contributed by atoms with Crippen molar-refractivity contribution in [2.45, 2.75) is 26.5 Å². The van der Waals surface area contributed by atoms with Gasteiger partial charge in [0.25, 0.3) is 0 Å². The highest BCUT2D eigenvalue weighted by atomic mass is 16.5. The van der Waals surface area contributed by atoms with E-state index >= 15 is 0 Å². The molecule has 0 aliphatic rings. The highest BCUT2D eigenvalue weighted by Crippen LogP contribution is 2.22. The van der Waals surface area contributed by atoms with E-state index in [1.165, 1.54) is 0 Å². The molecule has 1 aromatic heterocycles. The first-order valence-electron chi connectivity index (χ1n) is 6.65. The van der Waals surface area contributed by atoms with Gasteiger partial charge in [0, 0.05) is 13.2 Å². The summed E-state index contributed by atoms with van der Waals surface area (Å²) >= 11 is 0. The summed E-state index contributed by atoms with van der Waals surface area (Å²) in [5.74, 6) is 0.876. The smallest absolute Gasteiger partial charge is 0.136 e. The van der Waals surface area contributed by atoms with Crippen molar-refractivity contribution < 1.29 is 9.47 Å². The summed E-state index contributed by atoms with van der Waals surface area (Å²) in [5, 5.41) is 8.96. The fourth-order valence-corrected chi connectivity index (χ4v) is 2.20. The Morgan fingerprint density at radius 2 is 2.15 bits per heavy atom. The lowest BCUT2D eigenvalue weighted by molar-refractivity contribution is 0.0571. The van der Waals surface area contributed by atoms with Crippen LogP contribution < -0.4 is 0 Å². The molecule has 0 aliphatic carbocycles. The van der Waals surface area contributed by atoms with Crippen LogP contribution in [0.15, 0.2) is 18.2 Å². The highest BCUT2D eigenvalue weighted by Gasteiger charge is 2.13. The fraction of sp³-hybridized carbons (Fsp3) is 0.467. The summed E-state index contributed by atoms with van der Waals surface area (Å²) in [6.07, 6.45) is 0. The van der Waals surface area contributed by atoms with Crippen molar-refractivity contribution in [2.24, 2.45) is 0 Å². The second kappa shape index (κ2) is 6.51. The molecule has 5 heteroatoms. The SMILES string of the molecule is COCCOCc1nc2cc(C#N)ccc2n1C(C)C. The molecule has 0 N–H and O–H groups in total. The molecule has 106 valence electrons. The van der Waals surface area contributed by atoms with Crippen LogP contribution >= 0.6 is 0 Å². The van der Waals surface area contributed by atoms with Gasteiger partial charge in [-0.25, -0.2) is 4.98 Å². The van der Waals surface area contributed by atoms with Crippen LogP contribution in [0.1, 0.15) is 31.3 Å². The third kappa shape index (κ3) is 2.98. The average molecular weight is 273 g/mol. The van der Waals surface area contributed by atoms with Crippen molar-refractivity contribution in [3.05, 3.63) is 29.6 Å². The number of aromatic nitrogens is 2. The van der Waals surface area contributed by atoms with Gasteiger partial charge < -0.3 is 14.0 Å². The monoisotopic (exact) mass is 273 g/mol. The lowest BCUT2D eigenvalue weighted by Crippen LogP contribution is -2.09. The molecule has 0 bridgehead atoms. The second-order valence-corrected chi connectivity index (χ2v) is 4.85. The topological polar surface area (TPSA) is 60.1 Å². The number of ether oxygens (including phenoxy) is 2. The number of hydrogen-bond donors (Lipinski definition) is 0. The lowest BCUT2D eigenvalue weighted by atomic mass is 10.2. The van der Waals surface area contributed by atoms with Gasteiger partial charge in [0.15, 0.2) is 0 Å². The van der Waals surface area contributed by atoms with Crippen molar-refractivity contribution in [1.82, 2.24) is 9.55 Å². The molecule has 0 saturated heterocycles. The summed E-state index contributed by atoms with van der Waals surface area (Å²) in [7, 11) is 1.65. The molecule has 20 heavy (non-hydrogen) atoms. The first-order chi connectivity index (χ1) is 9.67. The van der Waals surface area contributed by atoms with E-state index in [0.29, 0.717) is 25.4 Å². The van der Waals surface area contributed by atoms with Crippen molar-refractivity contribution in [2.75, 3.05) is 20.3 Å². The van der Waals surface area contributed by atoms with Gasteiger partial charge in [-0.05, 0) is 32.0 Å². The van der Waals surface area contributed by atoms with E-state index in [0.717, 1.165) is 16.9 Å². The maximum atomic E-state index is 8.96. The van der Waals surface area contributed by atoms with Crippen LogP contribution in [0.5, 0.6) is 0 Å². The lowest BCUT2D eigenvalue weighted by Gasteiger charge is -2.13. The molecule has 0 fully saturated rings. The Morgan fingerprint density at radius 3 is 2.80 bits per heavy atom. The molecule has 2 rings (SSSR count). The maximum absolute atomic E-state index is 8.96. The summed E-state index contributed by atoms with van der Waals surface area (Å²) in [5.41, 5.74) is 2.49. The molecule has 1 aromatic carbocycles. The average Bonchev–Trinajstić information content (AvgIpc) is 2.80. The van der Waals surface area contributed by atoms with E-state index in [4.69, 9.17) is 14.7 Å². The molecule has 0 unspecified atom stereocenters. The van der Waals surface area contributed by atoms with Crippen LogP contribution in [0.4, 0.5) is 0 Å². The molecule has 0 radical (unpaired) electrons. The largest absolute Gasteiger partial charge is 0.382 e. The van der Waals surface area contributed by atoms with E-state index in [2.05, 4.69) is 29.5 Å². The normalized spacial score (nSPS) is 11.2. The molecule has 0 amide bonds. The van der Waals surface area contributed by atoms with Crippen LogP contribution in [-0.2, 0) is 16.1 Å². The van der Waals surface area contributed by atoms with Gasteiger partial charge in [0.1, 0.15) is 12.4 Å². The third-order valence-corrected chi connectivity index (χ3v) is 3.07. The number of hydrogen-bond acceptors (Lipinski definition) is 4. The Kier molecular flexibility index (Phi) is 4.72. The molecule has 1 heterocycles. The molecule has 0 atom stereocenters. The van der Waals surface area contributed by atoms with E-state index in [1.807, 2.05) is 18.2 Å². The summed E-state index contributed by atoms with van der Waals surface area (Å²) in [4.78, 5) is 4.59. The van der Waals surface area contributed by atoms with Gasteiger partial charge in [-0.2, -0.15) is 5.26 Å². The number of methoxy groups -OCH3 is 1. The number of rotatable bonds is 6. The Morgan fingerprint density at radius 1 is 1.35 bits per heavy atom. The van der Waals surface area contributed by atoms with Crippen molar-refractivity contribution >= 4 is 11.0 Å². The molecular weight excluding hydrogens is 254 g/mol. The van der Waals surface area contributed by atoms with E-state index in [1.54, 1.807) is 7.11 Å². The third-order valence-electron chi connectivity index (χ3n) is 3.07. The summed E-state index contributed by atoms with van der Waals surface area (Å²) in [6.45, 7) is 5.77. The minimum absolute atomic E-state index is 0.286. The Hall–Kier alpha value is -1.90. The summed E-state index contributed by atoms with van der Waals surface area (Å²) in [6, 6.07) is 8.00. The van der Waals surface area contributed by atoms with E-state index < -0.39 is 0 Å². The van der Waals surface area contributed by atoms with Gasteiger partial charge in [-0.3, -0.25) is 0 Å². The number of fused-ring (bicyclic) bond motifs is 1. The molecule has 5 nitrogen and oxygen atoms in total. The minimum atomic E-state index is 0.286. The molecular formula is C15H19N3O2. The number of nitriles is 1. The zero-order chi connectivity index (χ0) is 14.5. The second-order valence-electron chi connectivity index (χ2n) is 4.85. The fourth-order valence-electron chi connectivity index (χ4n) is 2.20. The quantitative estimate of drug-likeness (QED) is 0.759. The molecule has 2 aromatic rings. The predicted molar refractivity (Wildman–Crippen MR) is 76.4 cm³/mol. The highest BCUT2D eigenvalue weighted by molar-refractivity contribution is 5.77. The first kappa shape index (κ1) is 14.5. The van der Waals surface area contributed by atoms with Gasteiger partial charge >= 0.3 is 0 Å². The van der Waals surface area contributed by atoms with Crippen LogP contribution in [-0.4, -0.2) is 29.9 Å². The van der Waals surface area contributed by atoms with Crippen molar-refractivity contribution in [3.63, 3.8) is 0 Å². The predicted octanol–water partition coefficient (Wildman–Crippen LogP) is 2.65. The van der Waals surface area contributed by atoms with Crippen LogP contribution in [0, 0.1) is 11.3 Å². The zero-order valence-corrected chi connectivity index (χ0v) is 12.1. The number of benzene rings is 1. The van der Waals surface area contributed by atoms with Gasteiger partial charge in [-0.1, -0.05) is 0 Å². The Bertz CT molecular complexity index is 626.